The molecular weight excluding hydrogens is 348 g/mol. The van der Waals surface area contributed by atoms with E-state index in [4.69, 9.17) is 10.5 Å². The van der Waals surface area contributed by atoms with Gasteiger partial charge in [-0.15, -0.1) is 0 Å². The minimum absolute atomic E-state index is 0.236. The molecule has 140 valence electrons. The number of nitrogens with one attached hydrogen (secondary N) is 2. The van der Waals surface area contributed by atoms with Gasteiger partial charge in [0.15, 0.2) is 6.61 Å². The van der Waals surface area contributed by atoms with Crippen LogP contribution in [-0.2, 0) is 20.8 Å². The topological polar surface area (TPSA) is 123 Å². The molecule has 0 heterocycles. The fourth-order valence-corrected chi connectivity index (χ4v) is 2.10. The van der Waals surface area contributed by atoms with Gasteiger partial charge in [-0.2, -0.15) is 5.10 Å². The number of nitrogens with zero attached hydrogens (tertiary/aromatic N) is 1. The van der Waals surface area contributed by atoms with Crippen molar-refractivity contribution in [2.75, 3.05) is 13.2 Å². The second-order valence-corrected chi connectivity index (χ2v) is 5.52. The summed E-state index contributed by atoms with van der Waals surface area (Å²) >= 11 is 0. The first kappa shape index (κ1) is 19.6. The number of carbonyl (C=O) groups is 3. The van der Waals surface area contributed by atoms with Crippen molar-refractivity contribution in [2.24, 2.45) is 10.8 Å². The van der Waals surface area contributed by atoms with Crippen molar-refractivity contribution in [1.82, 2.24) is 10.7 Å². The van der Waals surface area contributed by atoms with E-state index >= 15 is 0 Å². The van der Waals surface area contributed by atoms with E-state index in [2.05, 4.69) is 15.8 Å². The molecule has 0 aliphatic heterocycles. The van der Waals surface area contributed by atoms with Crippen molar-refractivity contribution in [3.63, 3.8) is 0 Å². The van der Waals surface area contributed by atoms with Gasteiger partial charge in [-0.1, -0.05) is 42.5 Å². The Morgan fingerprint density at radius 1 is 1.04 bits per heavy atom. The number of primary amides is 1. The lowest BCUT2D eigenvalue weighted by atomic mass is 10.1. The third kappa shape index (κ3) is 7.39. The molecule has 2 aromatic carbocycles. The SMILES string of the molecule is NC(=O)COc1cccc(/C=N\NC(=O)C(=O)NCCc2ccccc2)c1. The first-order valence-corrected chi connectivity index (χ1v) is 8.21. The quantitative estimate of drug-likeness (QED) is 0.354. The lowest BCUT2D eigenvalue weighted by molar-refractivity contribution is -0.139. The van der Waals surface area contributed by atoms with Crippen LogP contribution in [0, 0.1) is 0 Å². The Morgan fingerprint density at radius 2 is 1.81 bits per heavy atom. The summed E-state index contributed by atoms with van der Waals surface area (Å²) in [6.45, 7) is 0.111. The van der Waals surface area contributed by atoms with Crippen molar-refractivity contribution >= 4 is 23.9 Å². The molecule has 3 amide bonds. The summed E-state index contributed by atoms with van der Waals surface area (Å²) < 4.78 is 5.17. The van der Waals surface area contributed by atoms with Crippen LogP contribution in [-0.4, -0.2) is 37.1 Å². The van der Waals surface area contributed by atoms with Crippen LogP contribution in [0.4, 0.5) is 0 Å². The van der Waals surface area contributed by atoms with Crippen molar-refractivity contribution in [3.05, 3.63) is 65.7 Å². The summed E-state index contributed by atoms with van der Waals surface area (Å²) in [5, 5.41) is 6.26. The van der Waals surface area contributed by atoms with E-state index in [0.717, 1.165) is 5.56 Å². The Balaban J connectivity index is 1.76. The van der Waals surface area contributed by atoms with Crippen LogP contribution in [0.1, 0.15) is 11.1 Å². The zero-order valence-electron chi connectivity index (χ0n) is 14.6. The summed E-state index contributed by atoms with van der Waals surface area (Å²) in [5.74, 6) is -1.77. The molecule has 8 heteroatoms. The number of hydrazone groups is 1. The van der Waals surface area contributed by atoms with Crippen LogP contribution in [0.3, 0.4) is 0 Å². The zero-order chi connectivity index (χ0) is 19.5. The summed E-state index contributed by atoms with van der Waals surface area (Å²) in [6, 6.07) is 16.3. The molecule has 0 fully saturated rings. The predicted octanol–water partition coefficient (Wildman–Crippen LogP) is 0.360. The van der Waals surface area contributed by atoms with E-state index in [0.29, 0.717) is 24.3 Å². The Bertz CT molecular complexity index is 821. The third-order valence-corrected chi connectivity index (χ3v) is 3.37. The normalized spacial score (nSPS) is 10.4. The number of hydrogen-bond donors (Lipinski definition) is 3. The van der Waals surface area contributed by atoms with Crippen LogP contribution in [0.25, 0.3) is 0 Å². The summed E-state index contributed by atoms with van der Waals surface area (Å²) in [5.41, 5.74) is 8.84. The van der Waals surface area contributed by atoms with Gasteiger partial charge in [-0.25, -0.2) is 5.43 Å². The summed E-state index contributed by atoms with van der Waals surface area (Å²) in [4.78, 5) is 34.1. The number of carbonyl (C=O) groups excluding carboxylic acids is 3. The molecule has 4 N–H and O–H groups in total. The largest absolute Gasteiger partial charge is 0.484 e. The lowest BCUT2D eigenvalue weighted by Crippen LogP contribution is -2.38. The molecule has 0 saturated carbocycles. The highest BCUT2D eigenvalue weighted by molar-refractivity contribution is 6.35. The Hall–Kier alpha value is -3.68. The maximum absolute atomic E-state index is 11.7. The summed E-state index contributed by atoms with van der Waals surface area (Å²) in [7, 11) is 0. The van der Waals surface area contributed by atoms with E-state index in [1.807, 2.05) is 30.3 Å². The first-order valence-electron chi connectivity index (χ1n) is 8.21. The molecule has 0 radical (unpaired) electrons. The number of rotatable bonds is 8. The highest BCUT2D eigenvalue weighted by Gasteiger charge is 2.11. The highest BCUT2D eigenvalue weighted by atomic mass is 16.5. The van der Waals surface area contributed by atoms with Crippen molar-refractivity contribution < 1.29 is 19.1 Å². The van der Waals surface area contributed by atoms with E-state index in [1.54, 1.807) is 24.3 Å². The lowest BCUT2D eigenvalue weighted by Gasteiger charge is -2.05. The molecule has 0 saturated heterocycles. The number of hydrogen-bond acceptors (Lipinski definition) is 5. The molecule has 0 aliphatic carbocycles. The van der Waals surface area contributed by atoms with Crippen molar-refractivity contribution in [3.8, 4) is 5.75 Å². The van der Waals surface area contributed by atoms with Gasteiger partial charge in [0.05, 0.1) is 6.21 Å². The number of amides is 3. The highest BCUT2D eigenvalue weighted by Crippen LogP contribution is 2.11. The van der Waals surface area contributed by atoms with Gasteiger partial charge in [0.1, 0.15) is 5.75 Å². The van der Waals surface area contributed by atoms with Gasteiger partial charge in [-0.05, 0) is 29.7 Å². The van der Waals surface area contributed by atoms with Gasteiger partial charge < -0.3 is 15.8 Å². The van der Waals surface area contributed by atoms with E-state index < -0.39 is 17.7 Å². The van der Waals surface area contributed by atoms with E-state index in [-0.39, 0.29) is 6.61 Å². The molecule has 0 unspecified atom stereocenters. The van der Waals surface area contributed by atoms with Crippen LogP contribution in [0.5, 0.6) is 5.75 Å². The van der Waals surface area contributed by atoms with Crippen molar-refractivity contribution in [2.45, 2.75) is 6.42 Å². The van der Waals surface area contributed by atoms with Crippen LogP contribution in [0.2, 0.25) is 0 Å². The summed E-state index contributed by atoms with van der Waals surface area (Å²) in [6.07, 6.45) is 1.98. The molecular formula is C19H20N4O4. The maximum Gasteiger partial charge on any atom is 0.329 e. The third-order valence-electron chi connectivity index (χ3n) is 3.37. The van der Waals surface area contributed by atoms with Gasteiger partial charge in [-0.3, -0.25) is 14.4 Å². The average Bonchev–Trinajstić information content (AvgIpc) is 2.67. The van der Waals surface area contributed by atoms with Gasteiger partial charge in [0, 0.05) is 6.54 Å². The number of nitrogens with two attached hydrogens (primary N) is 1. The fourth-order valence-electron chi connectivity index (χ4n) is 2.10. The molecule has 27 heavy (non-hydrogen) atoms. The minimum Gasteiger partial charge on any atom is -0.484 e. The Morgan fingerprint density at radius 3 is 2.56 bits per heavy atom. The smallest absolute Gasteiger partial charge is 0.329 e. The predicted molar refractivity (Wildman–Crippen MR) is 100 cm³/mol. The Kier molecular flexibility index (Phi) is 7.52. The van der Waals surface area contributed by atoms with Crippen LogP contribution >= 0.6 is 0 Å². The van der Waals surface area contributed by atoms with Crippen LogP contribution < -0.4 is 21.2 Å². The number of ether oxygens (including phenoxy) is 1. The monoisotopic (exact) mass is 368 g/mol. The number of benzene rings is 2. The van der Waals surface area contributed by atoms with Gasteiger partial charge in [0.2, 0.25) is 0 Å². The molecule has 0 atom stereocenters. The van der Waals surface area contributed by atoms with Crippen LogP contribution in [0.15, 0.2) is 59.7 Å². The molecule has 0 aromatic heterocycles. The molecule has 2 rings (SSSR count). The second-order valence-electron chi connectivity index (χ2n) is 5.52. The van der Waals surface area contributed by atoms with E-state index in [9.17, 15) is 14.4 Å². The standard InChI is InChI=1S/C19H20N4O4/c20-17(24)13-27-16-8-4-7-15(11-16)12-22-23-19(26)18(25)21-10-9-14-5-2-1-3-6-14/h1-8,11-12H,9-10,13H2,(H2,20,24)(H,21,25)(H,23,26)/b22-12-. The van der Waals surface area contributed by atoms with Crippen molar-refractivity contribution in [1.29, 1.82) is 0 Å². The van der Waals surface area contributed by atoms with Gasteiger partial charge in [0.25, 0.3) is 5.91 Å². The minimum atomic E-state index is -0.861. The first-order chi connectivity index (χ1) is 13.0. The molecule has 0 bridgehead atoms. The van der Waals surface area contributed by atoms with Gasteiger partial charge >= 0.3 is 11.8 Å². The fraction of sp³-hybridized carbons (Fsp3) is 0.158. The Labute approximate surface area is 156 Å². The van der Waals surface area contributed by atoms with E-state index in [1.165, 1.54) is 6.21 Å². The maximum atomic E-state index is 11.7. The zero-order valence-corrected chi connectivity index (χ0v) is 14.6. The average molecular weight is 368 g/mol. The molecule has 8 nitrogen and oxygen atoms in total. The molecule has 0 spiro atoms. The second kappa shape index (κ2) is 10.3. The molecule has 0 aliphatic rings. The molecule has 2 aromatic rings.